The number of rotatable bonds is 3. The van der Waals surface area contributed by atoms with Gasteiger partial charge in [-0.2, -0.15) is 5.21 Å². The van der Waals surface area contributed by atoms with Crippen LogP contribution in [0.4, 0.5) is 5.69 Å². The third-order valence-electron chi connectivity index (χ3n) is 3.69. The van der Waals surface area contributed by atoms with Crippen molar-refractivity contribution in [2.75, 3.05) is 5.32 Å². The Kier molecular flexibility index (Phi) is 4.57. The van der Waals surface area contributed by atoms with E-state index < -0.39 is 17.2 Å². The molecule has 10 nitrogen and oxygen atoms in total. The van der Waals surface area contributed by atoms with Crippen molar-refractivity contribution in [3.8, 4) is 5.69 Å². The van der Waals surface area contributed by atoms with E-state index in [0.717, 1.165) is 9.13 Å². The Balaban J connectivity index is 1.92. The number of amides is 1. The first-order chi connectivity index (χ1) is 12.3. The summed E-state index contributed by atoms with van der Waals surface area (Å²) in [6, 6.07) is 6.33. The normalized spacial score (nSPS) is 10.7. The highest BCUT2D eigenvalue weighted by Gasteiger charge is 2.17. The Labute approximate surface area is 155 Å². The Hall–Kier alpha value is -3.05. The molecule has 1 amide bonds. The summed E-state index contributed by atoms with van der Waals surface area (Å²) in [6.45, 7) is 0. The molecular weight excluding hydrogens is 382 g/mol. The standard InChI is InChI=1S/C14H12ClN7O3S/c1-20-10(15)9(12(24)21(2)14(20)25)16-11(23)7-3-5-8(6-4-7)22-13(26)17-18-19-22/h3-6H,1-2H3,(H,16,23)(H,17,19,26). The summed E-state index contributed by atoms with van der Waals surface area (Å²) in [5, 5.41) is 12.1. The molecule has 2 aromatic heterocycles. The molecule has 134 valence electrons. The molecule has 3 rings (SSSR count). The molecule has 0 aliphatic rings. The molecule has 0 atom stereocenters. The van der Waals surface area contributed by atoms with Crippen molar-refractivity contribution in [1.29, 1.82) is 0 Å². The Morgan fingerprint density at radius 3 is 2.42 bits per heavy atom. The van der Waals surface area contributed by atoms with E-state index in [4.69, 9.17) is 23.8 Å². The maximum Gasteiger partial charge on any atom is 0.331 e. The second-order valence-corrected chi connectivity index (χ2v) is 6.01. The van der Waals surface area contributed by atoms with Crippen molar-refractivity contribution in [1.82, 2.24) is 29.3 Å². The number of carbonyl (C=O) groups excluding carboxylic acids is 1. The first-order valence-corrected chi connectivity index (χ1v) is 7.97. The van der Waals surface area contributed by atoms with Gasteiger partial charge in [-0.05, 0) is 36.5 Å². The Morgan fingerprint density at radius 1 is 1.19 bits per heavy atom. The van der Waals surface area contributed by atoms with Crippen LogP contribution in [0.25, 0.3) is 5.69 Å². The van der Waals surface area contributed by atoms with Crippen LogP contribution in [0.2, 0.25) is 5.15 Å². The van der Waals surface area contributed by atoms with E-state index in [2.05, 4.69) is 20.8 Å². The minimum atomic E-state index is -0.696. The van der Waals surface area contributed by atoms with E-state index in [1.165, 1.54) is 30.9 Å². The molecule has 1 aromatic carbocycles. The summed E-state index contributed by atoms with van der Waals surface area (Å²) in [7, 11) is 2.70. The minimum Gasteiger partial charge on any atom is -0.315 e. The lowest BCUT2D eigenvalue weighted by molar-refractivity contribution is 0.102. The number of aromatic nitrogens is 6. The third kappa shape index (κ3) is 2.97. The van der Waals surface area contributed by atoms with Gasteiger partial charge in [-0.1, -0.05) is 21.9 Å². The van der Waals surface area contributed by atoms with Crippen LogP contribution >= 0.6 is 23.8 Å². The molecular formula is C14H12ClN7O3S. The second-order valence-electron chi connectivity index (χ2n) is 5.29. The molecule has 0 saturated heterocycles. The number of nitrogens with one attached hydrogen (secondary N) is 2. The zero-order valence-electron chi connectivity index (χ0n) is 13.6. The van der Waals surface area contributed by atoms with Crippen molar-refractivity contribution >= 4 is 35.4 Å². The van der Waals surface area contributed by atoms with Gasteiger partial charge in [0.1, 0.15) is 10.8 Å². The maximum absolute atomic E-state index is 12.4. The molecule has 0 fully saturated rings. The molecule has 0 aliphatic heterocycles. The minimum absolute atomic E-state index is 0.155. The van der Waals surface area contributed by atoms with Gasteiger partial charge in [-0.25, -0.2) is 9.48 Å². The number of tetrazole rings is 1. The van der Waals surface area contributed by atoms with Gasteiger partial charge >= 0.3 is 5.69 Å². The Morgan fingerprint density at radius 2 is 1.85 bits per heavy atom. The highest BCUT2D eigenvalue weighted by molar-refractivity contribution is 7.71. The number of hydrogen-bond donors (Lipinski definition) is 2. The fourth-order valence-electron chi connectivity index (χ4n) is 2.24. The van der Waals surface area contributed by atoms with Crippen LogP contribution in [-0.2, 0) is 14.1 Å². The van der Waals surface area contributed by atoms with Gasteiger partial charge in [-0.15, -0.1) is 0 Å². The molecule has 0 radical (unpaired) electrons. The van der Waals surface area contributed by atoms with Crippen molar-refractivity contribution < 1.29 is 4.79 Å². The van der Waals surface area contributed by atoms with Crippen LogP contribution in [0.15, 0.2) is 33.9 Å². The van der Waals surface area contributed by atoms with Gasteiger partial charge in [0.15, 0.2) is 0 Å². The topological polar surface area (TPSA) is 120 Å². The lowest BCUT2D eigenvalue weighted by Crippen LogP contribution is -2.39. The van der Waals surface area contributed by atoms with Crippen molar-refractivity contribution in [3.63, 3.8) is 0 Å². The van der Waals surface area contributed by atoms with Crippen molar-refractivity contribution in [2.24, 2.45) is 14.1 Å². The van der Waals surface area contributed by atoms with E-state index >= 15 is 0 Å². The van der Waals surface area contributed by atoms with E-state index in [0.29, 0.717) is 5.69 Å². The average molecular weight is 394 g/mol. The quantitative estimate of drug-likeness (QED) is 0.497. The highest BCUT2D eigenvalue weighted by atomic mass is 35.5. The van der Waals surface area contributed by atoms with Gasteiger partial charge in [0.05, 0.1) is 5.69 Å². The molecule has 2 heterocycles. The van der Waals surface area contributed by atoms with Gasteiger partial charge in [0.25, 0.3) is 11.5 Å². The Bertz CT molecular complexity index is 1170. The number of anilines is 1. The number of nitrogens with zero attached hydrogens (tertiary/aromatic N) is 5. The zero-order chi connectivity index (χ0) is 19.0. The molecule has 2 N–H and O–H groups in total. The summed E-state index contributed by atoms with van der Waals surface area (Å²) in [5.74, 6) is -0.555. The van der Waals surface area contributed by atoms with Gasteiger partial charge in [0, 0.05) is 19.7 Å². The third-order valence-corrected chi connectivity index (χ3v) is 4.40. The lowest BCUT2D eigenvalue weighted by Gasteiger charge is -2.11. The van der Waals surface area contributed by atoms with Crippen LogP contribution in [0, 0.1) is 4.77 Å². The van der Waals surface area contributed by atoms with Crippen LogP contribution in [-0.4, -0.2) is 35.2 Å². The van der Waals surface area contributed by atoms with Gasteiger partial charge < -0.3 is 5.32 Å². The smallest absolute Gasteiger partial charge is 0.315 e. The van der Waals surface area contributed by atoms with Crippen molar-refractivity contribution in [3.05, 3.63) is 60.6 Å². The van der Waals surface area contributed by atoms with Crippen LogP contribution in [0.3, 0.4) is 0 Å². The van der Waals surface area contributed by atoms with E-state index in [1.54, 1.807) is 12.1 Å². The first-order valence-electron chi connectivity index (χ1n) is 7.18. The zero-order valence-corrected chi connectivity index (χ0v) is 15.1. The highest BCUT2D eigenvalue weighted by Crippen LogP contribution is 2.16. The summed E-state index contributed by atoms with van der Waals surface area (Å²) in [4.78, 5) is 36.4. The van der Waals surface area contributed by atoms with E-state index in [-0.39, 0.29) is 21.2 Å². The lowest BCUT2D eigenvalue weighted by atomic mass is 10.2. The fraction of sp³-hybridized carbons (Fsp3) is 0.143. The average Bonchev–Trinajstić information content (AvgIpc) is 3.08. The number of carbonyl (C=O) groups is 1. The van der Waals surface area contributed by atoms with Gasteiger partial charge in [0.2, 0.25) is 4.77 Å². The second kappa shape index (κ2) is 6.69. The molecule has 3 aromatic rings. The number of benzene rings is 1. The number of hydrogen-bond acceptors (Lipinski definition) is 6. The molecule has 26 heavy (non-hydrogen) atoms. The molecule has 0 saturated carbocycles. The number of H-pyrrole nitrogens is 1. The predicted octanol–water partition coefficient (Wildman–Crippen LogP) is 0.628. The summed E-state index contributed by atoms with van der Waals surface area (Å²) in [5.41, 5.74) is -0.553. The number of aromatic amines is 1. The fourth-order valence-corrected chi connectivity index (χ4v) is 2.63. The van der Waals surface area contributed by atoms with Crippen LogP contribution in [0.1, 0.15) is 10.4 Å². The largest absolute Gasteiger partial charge is 0.331 e. The molecule has 0 bridgehead atoms. The monoisotopic (exact) mass is 393 g/mol. The van der Waals surface area contributed by atoms with Crippen LogP contribution in [0.5, 0.6) is 0 Å². The molecule has 0 unspecified atom stereocenters. The molecule has 0 aliphatic carbocycles. The van der Waals surface area contributed by atoms with E-state index in [1.807, 2.05) is 0 Å². The van der Waals surface area contributed by atoms with Gasteiger partial charge in [-0.3, -0.25) is 18.7 Å². The molecule has 0 spiro atoms. The van der Waals surface area contributed by atoms with Crippen LogP contribution < -0.4 is 16.6 Å². The summed E-state index contributed by atoms with van der Waals surface area (Å²) in [6.07, 6.45) is 0. The first kappa shape index (κ1) is 17.8. The van der Waals surface area contributed by atoms with Crippen molar-refractivity contribution in [2.45, 2.75) is 0 Å². The summed E-state index contributed by atoms with van der Waals surface area (Å²) >= 11 is 11.0. The van der Waals surface area contributed by atoms with E-state index in [9.17, 15) is 14.4 Å². The number of halogens is 1. The molecule has 12 heteroatoms. The maximum atomic E-state index is 12.4. The summed E-state index contributed by atoms with van der Waals surface area (Å²) < 4.78 is 3.62. The predicted molar refractivity (Wildman–Crippen MR) is 96.4 cm³/mol. The SMILES string of the molecule is Cn1c(Cl)c(NC(=O)c2ccc(-n3[nH]nnc3=S)cc2)c(=O)n(C)c1=O.